The lowest BCUT2D eigenvalue weighted by Gasteiger charge is -2.09. The van der Waals surface area contributed by atoms with Crippen molar-refractivity contribution in [1.29, 1.82) is 5.26 Å². The summed E-state index contributed by atoms with van der Waals surface area (Å²) < 4.78 is 5.03. The standard InChI is InChI=1S/C19H18N4O2/c1-2-25-19(24)18(14-22-16-8-4-3-5-9-16)23-13-15(12-20)17-10-6-7-11-21-17/h3-11,13-14,22-23H,2H2,1H3/b15-13-,18-14+. The van der Waals surface area contributed by atoms with Gasteiger partial charge in [-0.15, -0.1) is 0 Å². The van der Waals surface area contributed by atoms with Gasteiger partial charge in [0.15, 0.2) is 0 Å². The predicted octanol–water partition coefficient (Wildman–Crippen LogP) is 3.05. The van der Waals surface area contributed by atoms with E-state index in [0.29, 0.717) is 11.3 Å². The van der Waals surface area contributed by atoms with Gasteiger partial charge in [0.1, 0.15) is 11.8 Å². The van der Waals surface area contributed by atoms with E-state index in [-0.39, 0.29) is 12.3 Å². The summed E-state index contributed by atoms with van der Waals surface area (Å²) in [7, 11) is 0. The molecular formula is C19H18N4O2. The van der Waals surface area contributed by atoms with Crippen LogP contribution in [0.4, 0.5) is 5.69 Å². The minimum Gasteiger partial charge on any atom is -0.461 e. The monoisotopic (exact) mass is 334 g/mol. The largest absolute Gasteiger partial charge is 0.461 e. The number of pyridine rings is 1. The first-order valence-corrected chi connectivity index (χ1v) is 7.71. The summed E-state index contributed by atoms with van der Waals surface area (Å²) in [5.41, 5.74) is 1.81. The minimum atomic E-state index is -0.527. The number of nitriles is 1. The molecule has 2 aromatic rings. The predicted molar refractivity (Wildman–Crippen MR) is 95.7 cm³/mol. The Morgan fingerprint density at radius 3 is 2.60 bits per heavy atom. The van der Waals surface area contributed by atoms with Gasteiger partial charge in [0.2, 0.25) is 0 Å². The summed E-state index contributed by atoms with van der Waals surface area (Å²) in [6, 6.07) is 16.7. The zero-order chi connectivity index (χ0) is 17.9. The van der Waals surface area contributed by atoms with Gasteiger partial charge in [-0.05, 0) is 31.2 Å². The van der Waals surface area contributed by atoms with Crippen molar-refractivity contribution in [2.75, 3.05) is 11.9 Å². The van der Waals surface area contributed by atoms with Crippen LogP contribution in [0.25, 0.3) is 5.57 Å². The molecule has 0 saturated carbocycles. The number of hydrogen-bond donors (Lipinski definition) is 2. The van der Waals surface area contributed by atoms with Gasteiger partial charge in [-0.3, -0.25) is 4.98 Å². The molecule has 0 unspecified atom stereocenters. The molecule has 0 aliphatic heterocycles. The van der Waals surface area contributed by atoms with Crippen molar-refractivity contribution < 1.29 is 9.53 Å². The van der Waals surface area contributed by atoms with E-state index in [9.17, 15) is 10.1 Å². The molecule has 0 bridgehead atoms. The summed E-state index contributed by atoms with van der Waals surface area (Å²) in [6.45, 7) is 1.98. The van der Waals surface area contributed by atoms with E-state index in [1.54, 1.807) is 31.3 Å². The Hall–Kier alpha value is -3.59. The average molecular weight is 334 g/mol. The maximum atomic E-state index is 12.1. The highest BCUT2D eigenvalue weighted by atomic mass is 16.5. The fourth-order valence-electron chi connectivity index (χ4n) is 1.89. The molecule has 0 radical (unpaired) electrons. The van der Waals surface area contributed by atoms with Crippen LogP contribution in [0, 0.1) is 11.3 Å². The summed E-state index contributed by atoms with van der Waals surface area (Å²) in [5, 5.41) is 15.1. The molecule has 0 aliphatic rings. The molecule has 2 N–H and O–H groups in total. The lowest BCUT2D eigenvalue weighted by Crippen LogP contribution is -2.20. The van der Waals surface area contributed by atoms with Crippen LogP contribution in [0.1, 0.15) is 12.6 Å². The molecule has 6 heteroatoms. The zero-order valence-electron chi connectivity index (χ0n) is 13.8. The number of benzene rings is 1. The van der Waals surface area contributed by atoms with E-state index in [1.807, 2.05) is 30.3 Å². The van der Waals surface area contributed by atoms with Crippen LogP contribution in [-0.2, 0) is 9.53 Å². The third-order valence-corrected chi connectivity index (χ3v) is 3.09. The lowest BCUT2D eigenvalue weighted by atomic mass is 10.2. The number of aromatic nitrogens is 1. The molecule has 0 fully saturated rings. The second-order valence-corrected chi connectivity index (χ2v) is 4.82. The van der Waals surface area contributed by atoms with E-state index < -0.39 is 5.97 Å². The maximum absolute atomic E-state index is 12.1. The van der Waals surface area contributed by atoms with Crippen LogP contribution in [0.3, 0.4) is 0 Å². The van der Waals surface area contributed by atoms with E-state index in [4.69, 9.17) is 4.74 Å². The fourth-order valence-corrected chi connectivity index (χ4v) is 1.89. The Morgan fingerprint density at radius 1 is 1.20 bits per heavy atom. The Kier molecular flexibility index (Phi) is 6.77. The van der Waals surface area contributed by atoms with E-state index >= 15 is 0 Å². The molecule has 0 spiro atoms. The highest BCUT2D eigenvalue weighted by molar-refractivity contribution is 5.89. The highest BCUT2D eigenvalue weighted by Gasteiger charge is 2.10. The van der Waals surface area contributed by atoms with Crippen molar-refractivity contribution in [2.45, 2.75) is 6.92 Å². The van der Waals surface area contributed by atoms with Gasteiger partial charge >= 0.3 is 5.97 Å². The van der Waals surface area contributed by atoms with Crippen molar-refractivity contribution in [3.63, 3.8) is 0 Å². The summed E-state index contributed by atoms with van der Waals surface area (Å²) >= 11 is 0. The molecule has 6 nitrogen and oxygen atoms in total. The molecule has 1 aromatic carbocycles. The van der Waals surface area contributed by atoms with Gasteiger partial charge in [0.05, 0.1) is 17.9 Å². The summed E-state index contributed by atoms with van der Waals surface area (Å²) in [5.74, 6) is -0.527. The highest BCUT2D eigenvalue weighted by Crippen LogP contribution is 2.10. The van der Waals surface area contributed by atoms with Crippen molar-refractivity contribution >= 4 is 17.2 Å². The van der Waals surface area contributed by atoms with Crippen LogP contribution < -0.4 is 10.6 Å². The second kappa shape index (κ2) is 9.53. The molecular weight excluding hydrogens is 316 g/mol. The number of ether oxygens (including phenoxy) is 1. The van der Waals surface area contributed by atoms with Gasteiger partial charge in [-0.1, -0.05) is 24.3 Å². The van der Waals surface area contributed by atoms with Crippen molar-refractivity contribution in [1.82, 2.24) is 10.3 Å². The quantitative estimate of drug-likeness (QED) is 0.460. The number of hydrogen-bond acceptors (Lipinski definition) is 6. The number of nitrogens with zero attached hydrogens (tertiary/aromatic N) is 2. The molecule has 126 valence electrons. The van der Waals surface area contributed by atoms with Gasteiger partial charge in [-0.2, -0.15) is 5.26 Å². The third kappa shape index (κ3) is 5.52. The number of rotatable bonds is 7. The van der Waals surface area contributed by atoms with Crippen LogP contribution in [-0.4, -0.2) is 17.6 Å². The number of carbonyl (C=O) groups is 1. The van der Waals surface area contributed by atoms with E-state index in [2.05, 4.69) is 21.7 Å². The number of anilines is 1. The normalized spacial score (nSPS) is 11.4. The summed E-state index contributed by atoms with van der Waals surface area (Å²) in [4.78, 5) is 16.2. The smallest absolute Gasteiger partial charge is 0.356 e. The third-order valence-electron chi connectivity index (χ3n) is 3.09. The van der Waals surface area contributed by atoms with Crippen molar-refractivity contribution in [3.8, 4) is 6.07 Å². The molecule has 0 aliphatic carbocycles. The van der Waals surface area contributed by atoms with Gasteiger partial charge in [0.25, 0.3) is 0 Å². The Labute approximate surface area is 146 Å². The Balaban J connectivity index is 2.19. The maximum Gasteiger partial charge on any atom is 0.356 e. The SMILES string of the molecule is CCOC(=O)/C(=C\Nc1ccccc1)N/C=C(/C#N)c1ccccn1. The first kappa shape index (κ1) is 17.8. The topological polar surface area (TPSA) is 87.0 Å². The molecule has 1 heterocycles. The molecule has 0 saturated heterocycles. The number of para-hydroxylation sites is 1. The minimum absolute atomic E-state index is 0.175. The van der Waals surface area contributed by atoms with Crippen LogP contribution >= 0.6 is 0 Å². The van der Waals surface area contributed by atoms with Gasteiger partial charge in [0, 0.05) is 24.3 Å². The lowest BCUT2D eigenvalue weighted by molar-refractivity contribution is -0.138. The molecule has 25 heavy (non-hydrogen) atoms. The number of esters is 1. The first-order chi connectivity index (χ1) is 12.2. The number of carbonyl (C=O) groups excluding carboxylic acids is 1. The Bertz CT molecular complexity index is 793. The van der Waals surface area contributed by atoms with E-state index in [1.165, 1.54) is 12.4 Å². The molecule has 2 rings (SSSR count). The Morgan fingerprint density at radius 2 is 1.96 bits per heavy atom. The zero-order valence-corrected chi connectivity index (χ0v) is 13.8. The average Bonchev–Trinajstić information content (AvgIpc) is 2.66. The van der Waals surface area contributed by atoms with Gasteiger partial charge < -0.3 is 15.4 Å². The number of nitrogens with one attached hydrogen (secondary N) is 2. The van der Waals surface area contributed by atoms with Gasteiger partial charge in [-0.25, -0.2) is 4.79 Å². The first-order valence-electron chi connectivity index (χ1n) is 7.71. The van der Waals surface area contributed by atoms with Crippen LogP contribution in [0.5, 0.6) is 0 Å². The van der Waals surface area contributed by atoms with Crippen LogP contribution in [0.2, 0.25) is 0 Å². The van der Waals surface area contributed by atoms with Crippen molar-refractivity contribution in [2.24, 2.45) is 0 Å². The molecule has 0 amide bonds. The van der Waals surface area contributed by atoms with Crippen molar-refractivity contribution in [3.05, 3.63) is 78.5 Å². The summed E-state index contributed by atoms with van der Waals surface area (Å²) in [6.07, 6.45) is 4.52. The second-order valence-electron chi connectivity index (χ2n) is 4.82. The number of allylic oxidation sites excluding steroid dienone is 1. The van der Waals surface area contributed by atoms with Crippen LogP contribution in [0.15, 0.2) is 72.8 Å². The van der Waals surface area contributed by atoms with E-state index in [0.717, 1.165) is 5.69 Å². The molecule has 0 atom stereocenters. The fraction of sp³-hybridized carbons (Fsp3) is 0.105. The molecule has 1 aromatic heterocycles.